The molecule has 0 unspecified atom stereocenters. The Hall–Kier alpha value is -1.01. The van der Waals surface area contributed by atoms with Crippen molar-refractivity contribution in [2.45, 2.75) is 19.1 Å². The predicted molar refractivity (Wildman–Crippen MR) is 61.1 cm³/mol. The summed E-state index contributed by atoms with van der Waals surface area (Å²) < 4.78 is 36.2. The van der Waals surface area contributed by atoms with Gasteiger partial charge in [-0.3, -0.25) is 0 Å². The lowest BCUT2D eigenvalue weighted by molar-refractivity contribution is -0.132. The SMILES string of the molecule is CN(CCC(F)(F)F)c1ncc(CN)cc1Cl. The molecule has 0 saturated heterocycles. The second kappa shape index (κ2) is 5.55. The number of hydrogen-bond acceptors (Lipinski definition) is 3. The average molecular weight is 268 g/mol. The highest BCUT2D eigenvalue weighted by atomic mass is 35.5. The normalized spacial score (nSPS) is 11.6. The fourth-order valence-corrected chi connectivity index (χ4v) is 1.60. The van der Waals surface area contributed by atoms with E-state index in [1.807, 2.05) is 0 Å². The summed E-state index contributed by atoms with van der Waals surface area (Å²) in [6.45, 7) is 0.109. The van der Waals surface area contributed by atoms with Crippen LogP contribution in [0.2, 0.25) is 5.02 Å². The van der Waals surface area contributed by atoms with Crippen LogP contribution in [0.4, 0.5) is 19.0 Å². The number of hydrogen-bond donors (Lipinski definition) is 1. The van der Waals surface area contributed by atoms with Crippen LogP contribution >= 0.6 is 11.6 Å². The van der Waals surface area contributed by atoms with Crippen LogP contribution in [0, 0.1) is 0 Å². The number of rotatable bonds is 4. The summed E-state index contributed by atoms with van der Waals surface area (Å²) >= 11 is 5.91. The molecule has 0 saturated carbocycles. The van der Waals surface area contributed by atoms with Gasteiger partial charge in [-0.05, 0) is 11.6 Å². The van der Waals surface area contributed by atoms with Gasteiger partial charge in [0.1, 0.15) is 5.82 Å². The summed E-state index contributed by atoms with van der Waals surface area (Å²) in [6, 6.07) is 1.61. The van der Waals surface area contributed by atoms with Crippen molar-refractivity contribution in [3.8, 4) is 0 Å². The van der Waals surface area contributed by atoms with E-state index in [2.05, 4.69) is 4.98 Å². The zero-order valence-electron chi connectivity index (χ0n) is 9.26. The van der Waals surface area contributed by atoms with E-state index in [-0.39, 0.29) is 6.54 Å². The van der Waals surface area contributed by atoms with Gasteiger partial charge in [-0.25, -0.2) is 4.98 Å². The smallest absolute Gasteiger partial charge is 0.358 e. The van der Waals surface area contributed by atoms with E-state index in [0.29, 0.717) is 17.4 Å². The van der Waals surface area contributed by atoms with E-state index < -0.39 is 12.6 Å². The van der Waals surface area contributed by atoms with Gasteiger partial charge in [0.05, 0.1) is 11.4 Å². The van der Waals surface area contributed by atoms with Gasteiger partial charge in [0.2, 0.25) is 0 Å². The van der Waals surface area contributed by atoms with E-state index in [1.54, 1.807) is 6.07 Å². The minimum atomic E-state index is -4.18. The lowest BCUT2D eigenvalue weighted by atomic mass is 10.3. The van der Waals surface area contributed by atoms with Gasteiger partial charge in [-0.15, -0.1) is 0 Å². The summed E-state index contributed by atoms with van der Waals surface area (Å²) in [5.74, 6) is 0.327. The Morgan fingerprint density at radius 1 is 1.47 bits per heavy atom. The molecule has 2 N–H and O–H groups in total. The lowest BCUT2D eigenvalue weighted by Gasteiger charge is -2.20. The molecule has 0 fully saturated rings. The average Bonchev–Trinajstić information content (AvgIpc) is 2.24. The van der Waals surface area contributed by atoms with Crippen molar-refractivity contribution < 1.29 is 13.2 Å². The molecule has 96 valence electrons. The molecule has 1 aromatic rings. The first-order valence-electron chi connectivity index (χ1n) is 4.96. The van der Waals surface area contributed by atoms with Crippen molar-refractivity contribution in [1.82, 2.24) is 4.98 Å². The third kappa shape index (κ3) is 4.40. The highest BCUT2D eigenvalue weighted by Crippen LogP contribution is 2.25. The second-order valence-corrected chi connectivity index (χ2v) is 4.05. The van der Waals surface area contributed by atoms with Crippen LogP contribution in [0.1, 0.15) is 12.0 Å². The summed E-state index contributed by atoms with van der Waals surface area (Å²) in [7, 11) is 1.52. The monoisotopic (exact) mass is 267 g/mol. The Bertz CT molecular complexity index is 382. The van der Waals surface area contributed by atoms with Gasteiger partial charge in [0.15, 0.2) is 0 Å². The molecule has 1 aromatic heterocycles. The maximum absolute atomic E-state index is 12.1. The van der Waals surface area contributed by atoms with Gasteiger partial charge in [0.25, 0.3) is 0 Å². The fraction of sp³-hybridized carbons (Fsp3) is 0.500. The first-order valence-corrected chi connectivity index (χ1v) is 5.33. The minimum Gasteiger partial charge on any atom is -0.358 e. The maximum atomic E-state index is 12.1. The Balaban J connectivity index is 2.72. The number of nitrogens with zero attached hydrogens (tertiary/aromatic N) is 2. The molecule has 1 rings (SSSR count). The van der Waals surface area contributed by atoms with Crippen LogP contribution in [0.25, 0.3) is 0 Å². The van der Waals surface area contributed by atoms with E-state index >= 15 is 0 Å². The summed E-state index contributed by atoms with van der Waals surface area (Å²) in [6.07, 6.45) is -3.58. The van der Waals surface area contributed by atoms with Gasteiger partial charge < -0.3 is 10.6 Å². The Morgan fingerprint density at radius 3 is 2.59 bits per heavy atom. The molecule has 7 heteroatoms. The zero-order valence-corrected chi connectivity index (χ0v) is 10.0. The van der Waals surface area contributed by atoms with Crippen molar-refractivity contribution in [2.24, 2.45) is 5.73 Å². The number of alkyl halides is 3. The molecule has 0 bridgehead atoms. The van der Waals surface area contributed by atoms with E-state index in [1.165, 1.54) is 18.1 Å². The van der Waals surface area contributed by atoms with Gasteiger partial charge in [0, 0.05) is 26.3 Å². The molecule has 3 nitrogen and oxygen atoms in total. The molecule has 1 heterocycles. The number of pyridine rings is 1. The molecule has 0 amide bonds. The number of halogens is 4. The van der Waals surface area contributed by atoms with Crippen molar-refractivity contribution in [2.75, 3.05) is 18.5 Å². The largest absolute Gasteiger partial charge is 0.390 e. The Labute approximate surface area is 102 Å². The number of nitrogens with two attached hydrogens (primary N) is 1. The third-order valence-corrected chi connectivity index (χ3v) is 2.48. The number of anilines is 1. The first-order chi connectivity index (χ1) is 7.83. The Morgan fingerprint density at radius 2 is 2.12 bits per heavy atom. The topological polar surface area (TPSA) is 42.2 Å². The van der Waals surface area contributed by atoms with E-state index in [4.69, 9.17) is 17.3 Å². The molecule has 0 atom stereocenters. The van der Waals surface area contributed by atoms with Crippen LogP contribution in [-0.4, -0.2) is 24.8 Å². The van der Waals surface area contributed by atoms with Crippen LogP contribution in [0.3, 0.4) is 0 Å². The van der Waals surface area contributed by atoms with Gasteiger partial charge in [-0.2, -0.15) is 13.2 Å². The fourth-order valence-electron chi connectivity index (χ4n) is 1.26. The van der Waals surface area contributed by atoms with E-state index in [9.17, 15) is 13.2 Å². The quantitative estimate of drug-likeness (QED) is 0.912. The summed E-state index contributed by atoms with van der Waals surface area (Å²) in [5, 5.41) is 0.303. The lowest BCUT2D eigenvalue weighted by Crippen LogP contribution is -2.25. The Kier molecular flexibility index (Phi) is 4.59. The molecule has 0 aliphatic carbocycles. The predicted octanol–water partition coefficient (Wildman–Crippen LogP) is 2.58. The molecular formula is C10H13ClF3N3. The van der Waals surface area contributed by atoms with Crippen molar-refractivity contribution in [3.63, 3.8) is 0 Å². The van der Waals surface area contributed by atoms with Crippen LogP contribution in [0.5, 0.6) is 0 Å². The number of aromatic nitrogens is 1. The summed E-state index contributed by atoms with van der Waals surface area (Å²) in [4.78, 5) is 5.37. The van der Waals surface area contributed by atoms with Crippen molar-refractivity contribution >= 4 is 17.4 Å². The van der Waals surface area contributed by atoms with Gasteiger partial charge in [-0.1, -0.05) is 11.6 Å². The maximum Gasteiger partial charge on any atom is 0.390 e. The summed E-state index contributed by atoms with van der Waals surface area (Å²) in [5.41, 5.74) is 6.14. The van der Waals surface area contributed by atoms with Crippen LogP contribution in [-0.2, 0) is 6.54 Å². The van der Waals surface area contributed by atoms with E-state index in [0.717, 1.165) is 5.56 Å². The molecule has 0 aliphatic rings. The third-order valence-electron chi connectivity index (χ3n) is 2.21. The molecule has 17 heavy (non-hydrogen) atoms. The molecular weight excluding hydrogens is 255 g/mol. The van der Waals surface area contributed by atoms with Crippen LogP contribution < -0.4 is 10.6 Å². The second-order valence-electron chi connectivity index (χ2n) is 3.64. The molecule has 0 aromatic carbocycles. The highest BCUT2D eigenvalue weighted by Gasteiger charge is 2.27. The zero-order chi connectivity index (χ0) is 13.1. The highest BCUT2D eigenvalue weighted by molar-refractivity contribution is 6.33. The van der Waals surface area contributed by atoms with Gasteiger partial charge >= 0.3 is 6.18 Å². The minimum absolute atomic E-state index is 0.182. The van der Waals surface area contributed by atoms with Crippen molar-refractivity contribution in [3.05, 3.63) is 22.8 Å². The molecule has 0 radical (unpaired) electrons. The van der Waals surface area contributed by atoms with Crippen molar-refractivity contribution in [1.29, 1.82) is 0 Å². The molecule has 0 aliphatic heterocycles. The standard InChI is InChI=1S/C10H13ClF3N3/c1-17(3-2-10(12,13)14)9-8(11)4-7(5-15)6-16-9/h4,6H,2-3,5,15H2,1H3. The first kappa shape index (κ1) is 14.1. The van der Waals surface area contributed by atoms with Crippen LogP contribution in [0.15, 0.2) is 12.3 Å². The molecule has 0 spiro atoms.